The predicted octanol–water partition coefficient (Wildman–Crippen LogP) is 3.40. The molecule has 1 atom stereocenters. The lowest BCUT2D eigenvalue weighted by Crippen LogP contribution is -2.41. The maximum Gasteiger partial charge on any atom is 0.230 e. The van der Waals surface area contributed by atoms with Crippen LogP contribution in [0.1, 0.15) is 12.8 Å². The van der Waals surface area contributed by atoms with Gasteiger partial charge < -0.3 is 15.0 Å². The van der Waals surface area contributed by atoms with Gasteiger partial charge in [-0.05, 0) is 61.4 Å². The Morgan fingerprint density at radius 1 is 1.10 bits per heavy atom. The smallest absolute Gasteiger partial charge is 0.230 e. The number of ether oxygens (including phenoxy) is 1. The number of anilines is 2. The number of amides is 1. The van der Waals surface area contributed by atoms with Crippen molar-refractivity contribution in [2.75, 3.05) is 30.4 Å². The molecule has 148 valence electrons. The lowest BCUT2D eigenvalue weighted by atomic mass is 9.97. The molecule has 0 saturated carbocycles. The van der Waals surface area contributed by atoms with E-state index in [2.05, 4.69) is 25.4 Å². The van der Waals surface area contributed by atoms with E-state index < -0.39 is 0 Å². The fourth-order valence-corrected chi connectivity index (χ4v) is 3.47. The number of carbonyl (C=O) groups is 1. The van der Waals surface area contributed by atoms with Gasteiger partial charge in [-0.2, -0.15) is 0 Å². The molecule has 0 bridgehead atoms. The van der Waals surface area contributed by atoms with Crippen LogP contribution < -0.4 is 15.0 Å². The van der Waals surface area contributed by atoms with Crippen LogP contribution in [0, 0.1) is 5.92 Å². The highest BCUT2D eigenvalue weighted by molar-refractivity contribution is 5.92. The second kappa shape index (κ2) is 8.68. The van der Waals surface area contributed by atoms with E-state index in [-0.39, 0.29) is 11.8 Å². The Labute approximate surface area is 169 Å². The molecule has 1 amide bonds. The molecule has 7 nitrogen and oxygen atoms in total. The molecule has 3 heterocycles. The lowest BCUT2D eigenvalue weighted by Gasteiger charge is -2.32. The van der Waals surface area contributed by atoms with Gasteiger partial charge in [0.15, 0.2) is 5.82 Å². The normalized spacial score (nSPS) is 16.3. The number of pyridine rings is 1. The van der Waals surface area contributed by atoms with Crippen molar-refractivity contribution in [1.82, 2.24) is 15.2 Å². The van der Waals surface area contributed by atoms with E-state index >= 15 is 0 Å². The minimum absolute atomic E-state index is 0.00351. The molecule has 3 aromatic rings. The van der Waals surface area contributed by atoms with E-state index in [0.29, 0.717) is 12.4 Å². The van der Waals surface area contributed by atoms with Gasteiger partial charge in [-0.15, -0.1) is 10.2 Å². The molecule has 7 heteroatoms. The average Bonchev–Trinajstić information content (AvgIpc) is 2.80. The Morgan fingerprint density at radius 2 is 1.97 bits per heavy atom. The number of piperidine rings is 1. The van der Waals surface area contributed by atoms with Gasteiger partial charge in [0, 0.05) is 24.8 Å². The topological polar surface area (TPSA) is 80.2 Å². The summed E-state index contributed by atoms with van der Waals surface area (Å²) in [4.78, 5) is 18.9. The molecule has 1 aliphatic heterocycles. The van der Waals surface area contributed by atoms with Crippen molar-refractivity contribution in [1.29, 1.82) is 0 Å². The highest BCUT2D eigenvalue weighted by Gasteiger charge is 2.27. The molecule has 0 aliphatic carbocycles. The summed E-state index contributed by atoms with van der Waals surface area (Å²) in [5.74, 6) is 2.07. The first kappa shape index (κ1) is 18.9. The van der Waals surface area contributed by atoms with E-state index in [1.54, 1.807) is 19.4 Å². The monoisotopic (exact) mass is 389 g/mol. The Bertz CT molecular complexity index is 945. The molecule has 0 spiro atoms. The van der Waals surface area contributed by atoms with E-state index in [9.17, 15) is 4.79 Å². The van der Waals surface area contributed by atoms with Crippen LogP contribution in [-0.2, 0) is 4.79 Å². The van der Waals surface area contributed by atoms with Crippen LogP contribution in [0.4, 0.5) is 11.6 Å². The summed E-state index contributed by atoms with van der Waals surface area (Å²) in [7, 11) is 1.64. The minimum atomic E-state index is -0.103. The maximum atomic E-state index is 12.6. The van der Waals surface area contributed by atoms with Crippen molar-refractivity contribution >= 4 is 17.5 Å². The van der Waals surface area contributed by atoms with Gasteiger partial charge in [0.2, 0.25) is 5.91 Å². The fourth-order valence-electron chi connectivity index (χ4n) is 3.47. The molecule has 1 unspecified atom stereocenters. The Morgan fingerprint density at radius 3 is 2.66 bits per heavy atom. The Kier molecular flexibility index (Phi) is 5.65. The number of benzene rings is 1. The quantitative estimate of drug-likeness (QED) is 0.720. The zero-order valence-electron chi connectivity index (χ0n) is 16.3. The molecule has 1 fully saturated rings. The number of methoxy groups -OCH3 is 1. The predicted molar refractivity (Wildman–Crippen MR) is 112 cm³/mol. The summed E-state index contributed by atoms with van der Waals surface area (Å²) in [6.07, 6.45) is 3.46. The number of rotatable bonds is 5. The SMILES string of the molecule is COc1ccc(-c2ccc(N3CCCC(C(=O)Nc4ccccn4)C3)nn2)cc1. The summed E-state index contributed by atoms with van der Waals surface area (Å²) < 4.78 is 5.19. The zero-order valence-corrected chi connectivity index (χ0v) is 16.3. The molecule has 1 aromatic carbocycles. The summed E-state index contributed by atoms with van der Waals surface area (Å²) in [6.45, 7) is 1.49. The molecular weight excluding hydrogens is 366 g/mol. The highest BCUT2D eigenvalue weighted by atomic mass is 16.5. The van der Waals surface area contributed by atoms with Gasteiger partial charge in [0.05, 0.1) is 18.7 Å². The van der Waals surface area contributed by atoms with Crippen LogP contribution >= 0.6 is 0 Å². The lowest BCUT2D eigenvalue weighted by molar-refractivity contribution is -0.120. The third-order valence-electron chi connectivity index (χ3n) is 5.07. The molecule has 1 aliphatic rings. The zero-order chi connectivity index (χ0) is 20.1. The summed E-state index contributed by atoms with van der Waals surface area (Å²) >= 11 is 0. The third kappa shape index (κ3) is 4.51. The molecule has 1 saturated heterocycles. The molecule has 2 aromatic heterocycles. The number of nitrogens with zero attached hydrogens (tertiary/aromatic N) is 4. The van der Waals surface area contributed by atoms with Crippen LogP contribution in [0.5, 0.6) is 5.75 Å². The van der Waals surface area contributed by atoms with Crippen molar-refractivity contribution < 1.29 is 9.53 Å². The van der Waals surface area contributed by atoms with Crippen LogP contribution in [-0.4, -0.2) is 41.3 Å². The van der Waals surface area contributed by atoms with Crippen molar-refractivity contribution in [3.05, 3.63) is 60.8 Å². The van der Waals surface area contributed by atoms with Gasteiger partial charge in [0.25, 0.3) is 0 Å². The van der Waals surface area contributed by atoms with Crippen LogP contribution in [0.25, 0.3) is 11.3 Å². The van der Waals surface area contributed by atoms with Crippen LogP contribution in [0.3, 0.4) is 0 Å². The first-order valence-electron chi connectivity index (χ1n) is 9.68. The molecule has 29 heavy (non-hydrogen) atoms. The standard InChI is InChI=1S/C22H23N5O2/c1-29-18-9-7-16(8-10-18)19-11-12-21(26-25-19)27-14-4-5-17(15-27)22(28)24-20-6-2-3-13-23-20/h2-3,6-13,17H,4-5,14-15H2,1H3,(H,23,24,28). The molecule has 0 radical (unpaired) electrons. The number of aromatic nitrogens is 3. The minimum Gasteiger partial charge on any atom is -0.497 e. The van der Waals surface area contributed by atoms with Gasteiger partial charge in [-0.1, -0.05) is 6.07 Å². The second-order valence-corrected chi connectivity index (χ2v) is 6.99. The van der Waals surface area contributed by atoms with Crippen molar-refractivity contribution in [3.8, 4) is 17.0 Å². The van der Waals surface area contributed by atoms with Crippen LogP contribution in [0.2, 0.25) is 0 Å². The molecular formula is C22H23N5O2. The summed E-state index contributed by atoms with van der Waals surface area (Å²) in [6, 6.07) is 17.1. The molecule has 1 N–H and O–H groups in total. The maximum absolute atomic E-state index is 12.6. The van der Waals surface area contributed by atoms with Gasteiger partial charge in [-0.25, -0.2) is 4.98 Å². The first-order chi connectivity index (χ1) is 14.2. The number of hydrogen-bond acceptors (Lipinski definition) is 6. The van der Waals surface area contributed by atoms with Crippen LogP contribution in [0.15, 0.2) is 60.8 Å². The van der Waals surface area contributed by atoms with E-state index in [4.69, 9.17) is 4.74 Å². The van der Waals surface area contributed by atoms with E-state index in [0.717, 1.165) is 42.2 Å². The van der Waals surface area contributed by atoms with Crippen molar-refractivity contribution in [2.24, 2.45) is 5.92 Å². The van der Waals surface area contributed by atoms with Gasteiger partial charge in [0.1, 0.15) is 11.6 Å². The second-order valence-electron chi connectivity index (χ2n) is 6.99. The summed E-state index contributed by atoms with van der Waals surface area (Å²) in [5.41, 5.74) is 1.79. The molecule has 4 rings (SSSR count). The first-order valence-corrected chi connectivity index (χ1v) is 9.68. The van der Waals surface area contributed by atoms with Crippen molar-refractivity contribution in [2.45, 2.75) is 12.8 Å². The largest absolute Gasteiger partial charge is 0.497 e. The van der Waals surface area contributed by atoms with Gasteiger partial charge >= 0.3 is 0 Å². The van der Waals surface area contributed by atoms with E-state index in [1.807, 2.05) is 48.5 Å². The van der Waals surface area contributed by atoms with Crippen molar-refractivity contribution in [3.63, 3.8) is 0 Å². The number of nitrogens with one attached hydrogen (secondary N) is 1. The summed E-state index contributed by atoms with van der Waals surface area (Å²) in [5, 5.41) is 11.7. The number of carbonyl (C=O) groups excluding carboxylic acids is 1. The third-order valence-corrected chi connectivity index (χ3v) is 5.07. The van der Waals surface area contributed by atoms with Gasteiger partial charge in [-0.3, -0.25) is 4.79 Å². The van der Waals surface area contributed by atoms with E-state index in [1.165, 1.54) is 0 Å². The number of hydrogen-bond donors (Lipinski definition) is 1. The average molecular weight is 389 g/mol. The Hall–Kier alpha value is -3.48. The Balaban J connectivity index is 1.42. The fraction of sp³-hybridized carbons (Fsp3) is 0.273. The highest BCUT2D eigenvalue weighted by Crippen LogP contribution is 2.25.